The van der Waals surface area contributed by atoms with Crippen LogP contribution in [0.15, 0.2) is 72.8 Å². The Morgan fingerprint density at radius 2 is 1.36 bits per heavy atom. The third-order valence-corrected chi connectivity index (χ3v) is 19.5. The zero-order valence-corrected chi connectivity index (χ0v) is 44.3. The smallest absolute Gasteiger partial charge is 0.234 e. The van der Waals surface area contributed by atoms with Crippen LogP contribution in [0.1, 0.15) is 140 Å². The van der Waals surface area contributed by atoms with Gasteiger partial charge in [-0.2, -0.15) is 0 Å². The number of likely N-dealkylation sites (tertiary alicyclic amines) is 3. The lowest BCUT2D eigenvalue weighted by atomic mass is 9.66. The van der Waals surface area contributed by atoms with Crippen LogP contribution in [0.25, 0.3) is 0 Å². The van der Waals surface area contributed by atoms with Gasteiger partial charge in [-0.3, -0.25) is 24.5 Å². The highest BCUT2D eigenvalue weighted by atomic mass is 35.5. The van der Waals surface area contributed by atoms with Gasteiger partial charge in [-0.1, -0.05) is 80.4 Å². The van der Waals surface area contributed by atoms with Gasteiger partial charge in [-0.25, -0.2) is 8.42 Å². The number of nitrogens with one attached hydrogen (secondary N) is 1. The Morgan fingerprint density at radius 3 is 1.96 bits per heavy atom. The number of imide groups is 1. The Hall–Kier alpha value is -3.97. The van der Waals surface area contributed by atoms with Crippen LogP contribution >= 0.6 is 23.2 Å². The summed E-state index contributed by atoms with van der Waals surface area (Å²) in [7, 11) is -3.56. The predicted molar refractivity (Wildman–Crippen MR) is 280 cm³/mol. The molecule has 5 saturated heterocycles. The molecule has 5 heterocycles. The average Bonchev–Trinajstić information content (AvgIpc) is 3.33. The van der Waals surface area contributed by atoms with Gasteiger partial charge in [0.2, 0.25) is 23.6 Å². The topological polar surface area (TPSA) is 127 Å². The van der Waals surface area contributed by atoms with E-state index in [-0.39, 0.29) is 53.6 Å². The van der Waals surface area contributed by atoms with Crippen molar-refractivity contribution in [1.82, 2.24) is 20.0 Å². The van der Waals surface area contributed by atoms with Gasteiger partial charge in [0, 0.05) is 73.3 Å². The summed E-state index contributed by atoms with van der Waals surface area (Å²) in [6, 6.07) is 22.4. The molecule has 0 aliphatic carbocycles. The van der Waals surface area contributed by atoms with Gasteiger partial charge in [0.25, 0.3) is 0 Å². The summed E-state index contributed by atoms with van der Waals surface area (Å²) < 4.78 is 27.4. The number of benzene rings is 3. The molecule has 0 radical (unpaired) electrons. The van der Waals surface area contributed by atoms with E-state index in [4.69, 9.17) is 23.2 Å². The second-order valence-electron chi connectivity index (χ2n) is 22.3. The quantitative estimate of drug-likeness (QED) is 0.149. The molecule has 3 aromatic carbocycles. The van der Waals surface area contributed by atoms with Crippen molar-refractivity contribution in [2.75, 3.05) is 56.5 Å². The number of halogens is 2. The first-order valence-electron chi connectivity index (χ1n) is 26.1. The minimum atomic E-state index is -3.56. The fourth-order valence-corrected chi connectivity index (χ4v) is 14.1. The third kappa shape index (κ3) is 12.3. The zero-order valence-electron chi connectivity index (χ0n) is 42.0. The van der Waals surface area contributed by atoms with E-state index >= 15 is 4.79 Å². The summed E-state index contributed by atoms with van der Waals surface area (Å²) in [6.45, 7) is 16.1. The van der Waals surface area contributed by atoms with Crippen molar-refractivity contribution in [2.45, 2.75) is 134 Å². The van der Waals surface area contributed by atoms with Gasteiger partial charge in [0.05, 0.1) is 28.4 Å². The van der Waals surface area contributed by atoms with E-state index in [1.807, 2.05) is 79.1 Å². The van der Waals surface area contributed by atoms with Crippen molar-refractivity contribution in [3.63, 3.8) is 0 Å². The van der Waals surface area contributed by atoms with Crippen LogP contribution in [0.4, 0.5) is 5.69 Å². The molecule has 0 spiro atoms. The van der Waals surface area contributed by atoms with Gasteiger partial charge in [-0.05, 0) is 161 Å². The Balaban J connectivity index is 0.847. The van der Waals surface area contributed by atoms with Gasteiger partial charge in [0.15, 0.2) is 9.84 Å². The van der Waals surface area contributed by atoms with Gasteiger partial charge in [0.1, 0.15) is 0 Å². The molecule has 8 rings (SSSR count). The van der Waals surface area contributed by atoms with Crippen molar-refractivity contribution in [3.05, 3.63) is 99.5 Å². The van der Waals surface area contributed by atoms with Crippen molar-refractivity contribution in [1.29, 1.82) is 0 Å². The molecule has 5 aliphatic heterocycles. The zero-order chi connectivity index (χ0) is 49.9. The van der Waals surface area contributed by atoms with Crippen LogP contribution in [0.5, 0.6) is 0 Å². The maximum absolute atomic E-state index is 15.4. The highest BCUT2D eigenvalue weighted by molar-refractivity contribution is 7.92. The molecule has 5 atom stereocenters. The summed E-state index contributed by atoms with van der Waals surface area (Å²) in [5, 5.41) is 3.01. The standard InChI is InChI=1S/C56H75Cl2N5O6S/c1-37(2)50(36-70(68,69)38(3)4)63-53(43-9-13-45(57)14-10-43)49(44-7-6-8-46(58)32-44)33-56(5,55(63)67)34-52(65)62-29-21-40(22-30-62)31-39-19-25-60(26-20-39)35-41-23-27-61(28-24-41)47-15-11-42(12-16-47)48-17-18-51(64)59-54(48)66/h6-16,32,37-41,48-50,53H,17-31,33-36H2,1-5H3,(H,59,64,66)/t48?,49-,50-,53-,56-/m1/s1. The van der Waals surface area contributed by atoms with Crippen LogP contribution in [0.2, 0.25) is 10.0 Å². The lowest BCUT2D eigenvalue weighted by Gasteiger charge is -2.53. The average molecular weight is 1020 g/mol. The second-order valence-corrected chi connectivity index (χ2v) is 25.8. The number of nitrogens with zero attached hydrogens (tertiary/aromatic N) is 4. The van der Waals surface area contributed by atoms with E-state index < -0.39 is 32.6 Å². The number of hydrogen-bond acceptors (Lipinski definition) is 8. The minimum Gasteiger partial charge on any atom is -0.372 e. The van der Waals surface area contributed by atoms with Crippen molar-refractivity contribution >= 4 is 62.4 Å². The van der Waals surface area contributed by atoms with E-state index in [2.05, 4.69) is 39.4 Å². The van der Waals surface area contributed by atoms with Crippen molar-refractivity contribution in [3.8, 4) is 0 Å². The normalized spacial score (nSPS) is 25.5. The van der Waals surface area contributed by atoms with E-state index in [0.29, 0.717) is 60.2 Å². The van der Waals surface area contributed by atoms with E-state index in [9.17, 15) is 22.8 Å². The molecular formula is C56H75Cl2N5O6S. The van der Waals surface area contributed by atoms with E-state index in [1.54, 1.807) is 13.8 Å². The highest BCUT2D eigenvalue weighted by Gasteiger charge is 2.54. The first-order valence-corrected chi connectivity index (χ1v) is 28.6. The van der Waals surface area contributed by atoms with Crippen LogP contribution < -0.4 is 10.2 Å². The Labute approximate surface area is 427 Å². The van der Waals surface area contributed by atoms with Crippen molar-refractivity contribution in [2.24, 2.45) is 29.1 Å². The third-order valence-electron chi connectivity index (χ3n) is 16.8. The fraction of sp³-hybridized carbons (Fsp3) is 0.607. The Kier molecular flexibility index (Phi) is 16.8. The molecule has 5 fully saturated rings. The number of piperidine rings is 5. The highest BCUT2D eigenvalue weighted by Crippen LogP contribution is 2.53. The second kappa shape index (κ2) is 22.4. The fourth-order valence-electron chi connectivity index (χ4n) is 12.3. The van der Waals surface area contributed by atoms with Gasteiger partial charge < -0.3 is 19.6 Å². The molecule has 380 valence electrons. The molecule has 4 amide bonds. The molecule has 3 aromatic rings. The Morgan fingerprint density at radius 1 is 0.743 bits per heavy atom. The molecule has 5 aliphatic rings. The number of amides is 4. The van der Waals surface area contributed by atoms with E-state index in [0.717, 1.165) is 62.3 Å². The molecule has 0 bridgehead atoms. The summed E-state index contributed by atoms with van der Waals surface area (Å²) in [6.07, 6.45) is 9.32. The summed E-state index contributed by atoms with van der Waals surface area (Å²) >= 11 is 13.0. The summed E-state index contributed by atoms with van der Waals surface area (Å²) in [5.41, 5.74) is 2.90. The Bertz CT molecular complexity index is 2430. The number of carbonyl (C=O) groups excluding carboxylic acids is 4. The minimum absolute atomic E-state index is 0.0123. The summed E-state index contributed by atoms with van der Waals surface area (Å²) in [4.78, 5) is 62.8. The molecule has 1 unspecified atom stereocenters. The number of carbonyl (C=O) groups is 4. The number of anilines is 1. The number of rotatable bonds is 15. The molecule has 1 N–H and O–H groups in total. The first-order chi connectivity index (χ1) is 33.4. The first kappa shape index (κ1) is 52.4. The van der Waals surface area contributed by atoms with Gasteiger partial charge in [-0.15, -0.1) is 0 Å². The predicted octanol–water partition coefficient (Wildman–Crippen LogP) is 10.1. The molecule has 0 aromatic heterocycles. The maximum atomic E-state index is 15.4. The lowest BCUT2D eigenvalue weighted by molar-refractivity contribution is -0.159. The van der Waals surface area contributed by atoms with Crippen LogP contribution in [0, 0.1) is 29.1 Å². The lowest BCUT2D eigenvalue weighted by Crippen LogP contribution is -2.59. The summed E-state index contributed by atoms with van der Waals surface area (Å²) in [5.74, 6) is 0.515. The number of sulfone groups is 1. The van der Waals surface area contributed by atoms with Gasteiger partial charge >= 0.3 is 0 Å². The monoisotopic (exact) mass is 1020 g/mol. The largest absolute Gasteiger partial charge is 0.372 e. The molecule has 14 heteroatoms. The van der Waals surface area contributed by atoms with Crippen molar-refractivity contribution < 1.29 is 27.6 Å². The SMILES string of the molecule is CC(C)[C@@H](CS(=O)(=O)C(C)C)N1C(=O)[C@@](C)(CC(=O)N2CCC(CC3CCN(CC4CCN(c5ccc(C6CCC(=O)NC6=O)cc5)CC4)CC3)CC2)C[C@H](c2cccc(Cl)c2)[C@H]1c1ccc(Cl)cc1. The van der Waals surface area contributed by atoms with Crippen LogP contribution in [-0.4, -0.2) is 110 Å². The molecule has 11 nitrogen and oxygen atoms in total. The number of hydrogen-bond donors (Lipinski definition) is 1. The molecular weight excluding hydrogens is 942 g/mol. The van der Waals surface area contributed by atoms with Crippen LogP contribution in [0.3, 0.4) is 0 Å². The van der Waals surface area contributed by atoms with Crippen LogP contribution in [-0.2, 0) is 29.0 Å². The molecule has 70 heavy (non-hydrogen) atoms. The maximum Gasteiger partial charge on any atom is 0.234 e. The van der Waals surface area contributed by atoms with E-state index in [1.165, 1.54) is 37.8 Å². The molecule has 0 saturated carbocycles.